The second-order valence-electron chi connectivity index (χ2n) is 7.27. The lowest BCUT2D eigenvalue weighted by molar-refractivity contribution is -0.129. The zero-order valence-corrected chi connectivity index (χ0v) is 15.2. The number of esters is 1. The third-order valence-electron chi connectivity index (χ3n) is 4.92. The number of benzene rings is 1. The molecule has 1 aromatic carbocycles. The molecule has 0 heterocycles. The van der Waals surface area contributed by atoms with E-state index in [4.69, 9.17) is 4.74 Å². The first kappa shape index (κ1) is 18.5. The van der Waals surface area contributed by atoms with Crippen LogP contribution in [-0.4, -0.2) is 5.97 Å². The van der Waals surface area contributed by atoms with E-state index in [9.17, 15) is 4.79 Å². The van der Waals surface area contributed by atoms with E-state index in [1.165, 1.54) is 11.6 Å². The van der Waals surface area contributed by atoms with Crippen molar-refractivity contribution in [1.82, 2.24) is 0 Å². The lowest BCUT2D eigenvalue weighted by atomic mass is 9.75. The molecule has 0 spiro atoms. The van der Waals surface area contributed by atoms with Gasteiger partial charge in [0.25, 0.3) is 0 Å². The molecule has 2 heteroatoms. The van der Waals surface area contributed by atoms with E-state index in [-0.39, 0.29) is 10.8 Å². The van der Waals surface area contributed by atoms with Gasteiger partial charge in [-0.05, 0) is 41.7 Å². The Morgan fingerprint density at radius 3 is 2.14 bits per heavy atom. The van der Waals surface area contributed by atoms with Crippen LogP contribution in [0.15, 0.2) is 24.8 Å². The molecule has 0 saturated heterocycles. The van der Waals surface area contributed by atoms with Gasteiger partial charge in [0.05, 0.1) is 0 Å². The highest BCUT2D eigenvalue weighted by molar-refractivity contribution is 5.84. The predicted molar refractivity (Wildman–Crippen MR) is 93.6 cm³/mol. The van der Waals surface area contributed by atoms with E-state index < -0.39 is 5.97 Å². The second-order valence-corrected chi connectivity index (χ2v) is 7.27. The highest BCUT2D eigenvalue weighted by Crippen LogP contribution is 2.40. The third kappa shape index (κ3) is 3.79. The van der Waals surface area contributed by atoms with Gasteiger partial charge >= 0.3 is 5.97 Å². The van der Waals surface area contributed by atoms with Crippen molar-refractivity contribution < 1.29 is 9.53 Å². The van der Waals surface area contributed by atoms with E-state index in [0.29, 0.717) is 5.75 Å². The SMILES string of the molecule is C=CC(=O)Oc1c(C)cc(C(C)(C)CC)cc1C(C)(C)CC. The molecule has 0 saturated carbocycles. The minimum atomic E-state index is -0.404. The molecule has 0 aromatic heterocycles. The summed E-state index contributed by atoms with van der Waals surface area (Å²) >= 11 is 0. The Bertz CT molecular complexity index is 565. The largest absolute Gasteiger partial charge is 0.423 e. The Morgan fingerprint density at radius 2 is 1.68 bits per heavy atom. The highest BCUT2D eigenvalue weighted by Gasteiger charge is 2.28. The molecule has 2 nitrogen and oxygen atoms in total. The Labute approximate surface area is 135 Å². The van der Waals surface area contributed by atoms with Gasteiger partial charge in [0.1, 0.15) is 5.75 Å². The van der Waals surface area contributed by atoms with Gasteiger partial charge in [0, 0.05) is 11.6 Å². The van der Waals surface area contributed by atoms with Crippen molar-refractivity contribution in [2.75, 3.05) is 0 Å². The standard InChI is InChI=1S/C20H30O2/c1-9-17(21)22-18-14(4)12-15(19(5,6)10-2)13-16(18)20(7,8)11-3/h9,12-13H,1,10-11H2,2-8H3. The molecular formula is C20H30O2. The number of hydrogen-bond donors (Lipinski definition) is 0. The molecule has 0 amide bonds. The van der Waals surface area contributed by atoms with Gasteiger partial charge in [0.15, 0.2) is 0 Å². The van der Waals surface area contributed by atoms with Crippen molar-refractivity contribution >= 4 is 5.97 Å². The van der Waals surface area contributed by atoms with Gasteiger partial charge in [-0.1, -0.05) is 60.3 Å². The van der Waals surface area contributed by atoms with Crippen LogP contribution in [0, 0.1) is 6.92 Å². The van der Waals surface area contributed by atoms with Crippen LogP contribution in [0.2, 0.25) is 0 Å². The lowest BCUT2D eigenvalue weighted by Gasteiger charge is -2.31. The number of ether oxygens (including phenoxy) is 1. The Hall–Kier alpha value is -1.57. The van der Waals surface area contributed by atoms with E-state index in [1.807, 2.05) is 6.92 Å². The van der Waals surface area contributed by atoms with Crippen LogP contribution < -0.4 is 4.74 Å². The van der Waals surface area contributed by atoms with Crippen LogP contribution in [0.25, 0.3) is 0 Å². The third-order valence-corrected chi connectivity index (χ3v) is 4.92. The summed E-state index contributed by atoms with van der Waals surface area (Å²) in [6, 6.07) is 4.36. The van der Waals surface area contributed by atoms with Crippen LogP contribution in [0.3, 0.4) is 0 Å². The fourth-order valence-corrected chi connectivity index (χ4v) is 2.34. The lowest BCUT2D eigenvalue weighted by Crippen LogP contribution is -2.22. The van der Waals surface area contributed by atoms with E-state index in [0.717, 1.165) is 24.0 Å². The number of carbonyl (C=O) groups is 1. The number of aryl methyl sites for hydroxylation is 1. The summed E-state index contributed by atoms with van der Waals surface area (Å²) in [5.74, 6) is 0.283. The fourth-order valence-electron chi connectivity index (χ4n) is 2.34. The maximum atomic E-state index is 11.7. The molecule has 0 fully saturated rings. The fraction of sp³-hybridized carbons (Fsp3) is 0.550. The van der Waals surface area contributed by atoms with Crippen LogP contribution in [-0.2, 0) is 15.6 Å². The van der Waals surface area contributed by atoms with E-state index in [1.54, 1.807) is 0 Å². The average molecular weight is 302 g/mol. The molecule has 122 valence electrons. The van der Waals surface area contributed by atoms with Crippen molar-refractivity contribution in [2.45, 2.75) is 72.1 Å². The minimum Gasteiger partial charge on any atom is -0.423 e. The van der Waals surface area contributed by atoms with Crippen LogP contribution in [0.5, 0.6) is 5.75 Å². The first-order valence-corrected chi connectivity index (χ1v) is 8.09. The second kappa shape index (κ2) is 6.68. The van der Waals surface area contributed by atoms with Gasteiger partial charge in [-0.2, -0.15) is 0 Å². The zero-order chi connectivity index (χ0) is 17.1. The maximum Gasteiger partial charge on any atom is 0.335 e. The molecule has 0 unspecified atom stereocenters. The quantitative estimate of drug-likeness (QED) is 0.396. The summed E-state index contributed by atoms with van der Waals surface area (Å²) in [5.41, 5.74) is 3.45. The normalized spacial score (nSPS) is 12.1. The van der Waals surface area contributed by atoms with Gasteiger partial charge in [-0.25, -0.2) is 4.79 Å². The molecule has 1 rings (SSSR count). The molecular weight excluding hydrogens is 272 g/mol. The molecule has 0 N–H and O–H groups in total. The van der Waals surface area contributed by atoms with Crippen molar-refractivity contribution in [3.05, 3.63) is 41.5 Å². The van der Waals surface area contributed by atoms with Crippen LogP contribution in [0.1, 0.15) is 71.1 Å². The first-order valence-electron chi connectivity index (χ1n) is 8.09. The number of hydrogen-bond acceptors (Lipinski definition) is 2. The molecule has 0 aliphatic heterocycles. The van der Waals surface area contributed by atoms with Crippen LogP contribution >= 0.6 is 0 Å². The molecule has 0 radical (unpaired) electrons. The number of carbonyl (C=O) groups excluding carboxylic acids is 1. The van der Waals surface area contributed by atoms with Gasteiger partial charge in [-0.3, -0.25) is 0 Å². The summed E-state index contributed by atoms with van der Waals surface area (Å²) in [6.07, 6.45) is 3.25. The summed E-state index contributed by atoms with van der Waals surface area (Å²) in [6.45, 7) is 18.7. The zero-order valence-electron chi connectivity index (χ0n) is 15.2. The monoisotopic (exact) mass is 302 g/mol. The molecule has 0 atom stereocenters. The van der Waals surface area contributed by atoms with E-state index in [2.05, 4.69) is 60.3 Å². The Kier molecular flexibility index (Phi) is 5.61. The Balaban J connectivity index is 3.57. The summed E-state index contributed by atoms with van der Waals surface area (Å²) in [5, 5.41) is 0. The molecule has 0 aliphatic rings. The summed E-state index contributed by atoms with van der Waals surface area (Å²) in [7, 11) is 0. The Morgan fingerprint density at radius 1 is 1.14 bits per heavy atom. The van der Waals surface area contributed by atoms with Crippen molar-refractivity contribution in [3.8, 4) is 5.75 Å². The molecule has 22 heavy (non-hydrogen) atoms. The average Bonchev–Trinajstić information content (AvgIpc) is 2.48. The number of rotatable bonds is 6. The topological polar surface area (TPSA) is 26.3 Å². The van der Waals surface area contributed by atoms with Crippen LogP contribution in [0.4, 0.5) is 0 Å². The maximum absolute atomic E-state index is 11.7. The summed E-state index contributed by atoms with van der Waals surface area (Å²) in [4.78, 5) is 11.7. The molecule has 0 bridgehead atoms. The van der Waals surface area contributed by atoms with Gasteiger partial charge < -0.3 is 4.74 Å². The molecule has 1 aromatic rings. The van der Waals surface area contributed by atoms with Crippen molar-refractivity contribution in [1.29, 1.82) is 0 Å². The molecule has 0 aliphatic carbocycles. The first-order chi connectivity index (χ1) is 10.1. The van der Waals surface area contributed by atoms with Crippen molar-refractivity contribution in [3.63, 3.8) is 0 Å². The van der Waals surface area contributed by atoms with E-state index >= 15 is 0 Å². The summed E-state index contributed by atoms with van der Waals surface area (Å²) < 4.78 is 5.56. The van der Waals surface area contributed by atoms with Gasteiger partial charge in [0.2, 0.25) is 0 Å². The predicted octanol–water partition coefficient (Wildman–Crippen LogP) is 5.46. The smallest absolute Gasteiger partial charge is 0.335 e. The van der Waals surface area contributed by atoms with Gasteiger partial charge in [-0.15, -0.1) is 0 Å². The highest BCUT2D eigenvalue weighted by atomic mass is 16.5. The van der Waals surface area contributed by atoms with Crippen molar-refractivity contribution in [2.24, 2.45) is 0 Å². The minimum absolute atomic E-state index is 0.0542.